The van der Waals surface area contributed by atoms with E-state index in [1.54, 1.807) is 11.8 Å². The number of hydrogen-bond donors (Lipinski definition) is 1. The van der Waals surface area contributed by atoms with E-state index in [0.29, 0.717) is 12.4 Å². The van der Waals surface area contributed by atoms with Crippen LogP contribution in [0, 0.1) is 6.92 Å². The normalized spacial score (nSPS) is 20.7. The van der Waals surface area contributed by atoms with E-state index in [1.807, 2.05) is 36.4 Å². The summed E-state index contributed by atoms with van der Waals surface area (Å²) in [5.41, 5.74) is 5.20. The summed E-state index contributed by atoms with van der Waals surface area (Å²) in [4.78, 5) is 17.7. The molecule has 5 rings (SSSR count). The number of nitrogens with one attached hydrogen (secondary N) is 1. The van der Waals surface area contributed by atoms with Gasteiger partial charge in [-0.05, 0) is 48.1 Å². The molecule has 6 nitrogen and oxygen atoms in total. The molecule has 0 amide bonds. The first-order valence-electron chi connectivity index (χ1n) is 9.78. The van der Waals surface area contributed by atoms with Crippen LogP contribution in [0.5, 0.6) is 5.75 Å². The molecule has 0 unspecified atom stereocenters. The third-order valence-corrected chi connectivity index (χ3v) is 5.92. The van der Waals surface area contributed by atoms with Crippen LogP contribution in [0.25, 0.3) is 0 Å². The van der Waals surface area contributed by atoms with Gasteiger partial charge in [-0.25, -0.2) is 4.68 Å². The van der Waals surface area contributed by atoms with Gasteiger partial charge >= 0.3 is 0 Å². The van der Waals surface area contributed by atoms with Crippen molar-refractivity contribution in [2.45, 2.75) is 31.7 Å². The zero-order valence-electron chi connectivity index (χ0n) is 16.4. The van der Waals surface area contributed by atoms with Crippen molar-refractivity contribution in [2.24, 2.45) is 0 Å². The van der Waals surface area contributed by atoms with Crippen LogP contribution in [0.15, 0.2) is 66.1 Å². The molecule has 0 saturated heterocycles. The van der Waals surface area contributed by atoms with E-state index in [0.717, 1.165) is 29.0 Å². The van der Waals surface area contributed by atoms with Gasteiger partial charge in [-0.1, -0.05) is 36.4 Å². The number of benzene rings is 2. The topological polar surface area (TPSA) is 69.0 Å². The van der Waals surface area contributed by atoms with Crippen LogP contribution in [-0.4, -0.2) is 27.7 Å². The van der Waals surface area contributed by atoms with Gasteiger partial charge in [0.15, 0.2) is 5.78 Å². The van der Waals surface area contributed by atoms with Crippen LogP contribution in [0.3, 0.4) is 0 Å². The molecule has 1 aliphatic heterocycles. The van der Waals surface area contributed by atoms with Gasteiger partial charge in [0.2, 0.25) is 5.95 Å². The fraction of sp³-hybridized carbons (Fsp3) is 0.261. The Hall–Kier alpha value is -3.41. The van der Waals surface area contributed by atoms with Gasteiger partial charge in [0.1, 0.15) is 18.1 Å². The summed E-state index contributed by atoms with van der Waals surface area (Å²) < 4.78 is 7.09. The second-order valence-corrected chi connectivity index (χ2v) is 7.61. The van der Waals surface area contributed by atoms with Crippen LogP contribution < -0.4 is 10.1 Å². The van der Waals surface area contributed by atoms with E-state index >= 15 is 0 Å². The molecule has 29 heavy (non-hydrogen) atoms. The highest BCUT2D eigenvalue weighted by molar-refractivity contribution is 6.00. The summed E-state index contributed by atoms with van der Waals surface area (Å²) >= 11 is 0. The molecule has 6 heteroatoms. The highest BCUT2D eigenvalue weighted by Gasteiger charge is 2.39. The summed E-state index contributed by atoms with van der Waals surface area (Å²) in [6.45, 7) is 2.11. The molecule has 2 heterocycles. The molecule has 2 atom stereocenters. The van der Waals surface area contributed by atoms with Crippen molar-refractivity contribution in [3.05, 3.63) is 82.8 Å². The van der Waals surface area contributed by atoms with Gasteiger partial charge < -0.3 is 10.1 Å². The maximum absolute atomic E-state index is 13.4. The molecular formula is C23H22N4O2. The number of aromatic nitrogens is 3. The number of carbonyl (C=O) groups is 1. The average Bonchev–Trinajstić information content (AvgIpc) is 3.20. The predicted molar refractivity (Wildman–Crippen MR) is 110 cm³/mol. The predicted octanol–water partition coefficient (Wildman–Crippen LogP) is 4.01. The van der Waals surface area contributed by atoms with E-state index in [9.17, 15) is 4.79 Å². The molecule has 0 radical (unpaired) electrons. The zero-order chi connectivity index (χ0) is 20.0. The second-order valence-electron chi connectivity index (χ2n) is 7.61. The van der Waals surface area contributed by atoms with E-state index in [-0.39, 0.29) is 17.7 Å². The summed E-state index contributed by atoms with van der Waals surface area (Å²) in [6.07, 6.45) is 2.81. The lowest BCUT2D eigenvalue weighted by Gasteiger charge is -2.35. The van der Waals surface area contributed by atoms with Crippen molar-refractivity contribution >= 4 is 11.7 Å². The van der Waals surface area contributed by atoms with Gasteiger partial charge in [0.25, 0.3) is 0 Å². The van der Waals surface area contributed by atoms with Gasteiger partial charge in [-0.2, -0.15) is 10.1 Å². The minimum Gasteiger partial charge on any atom is -0.497 e. The number of allylic oxidation sites excluding steroid dienone is 2. The van der Waals surface area contributed by atoms with E-state index in [2.05, 4.69) is 34.5 Å². The number of hydrogen-bond acceptors (Lipinski definition) is 5. The number of methoxy groups -OCH3 is 1. The monoisotopic (exact) mass is 386 g/mol. The van der Waals surface area contributed by atoms with Crippen LogP contribution in [-0.2, 0) is 4.79 Å². The lowest BCUT2D eigenvalue weighted by Crippen LogP contribution is -2.33. The molecule has 146 valence electrons. The van der Waals surface area contributed by atoms with Crippen molar-refractivity contribution in [1.29, 1.82) is 0 Å². The molecular weight excluding hydrogens is 364 g/mol. The average molecular weight is 386 g/mol. The minimum atomic E-state index is -0.278. The molecule has 0 bridgehead atoms. The Morgan fingerprint density at radius 1 is 1.10 bits per heavy atom. The Morgan fingerprint density at radius 2 is 1.90 bits per heavy atom. The fourth-order valence-corrected chi connectivity index (χ4v) is 4.51. The molecule has 0 saturated carbocycles. The van der Waals surface area contributed by atoms with E-state index < -0.39 is 0 Å². The van der Waals surface area contributed by atoms with Crippen molar-refractivity contribution in [3.63, 3.8) is 0 Å². The Kier molecular flexibility index (Phi) is 4.19. The highest BCUT2D eigenvalue weighted by atomic mass is 16.5. The largest absolute Gasteiger partial charge is 0.497 e. The fourth-order valence-electron chi connectivity index (χ4n) is 4.51. The number of Topliss-reactive ketones (excluding diaryl/α,β-unsaturated/α-hetero) is 1. The van der Waals surface area contributed by atoms with Gasteiger partial charge in [0, 0.05) is 17.7 Å². The lowest BCUT2D eigenvalue weighted by atomic mass is 9.77. The Balaban J connectivity index is 1.59. The zero-order valence-corrected chi connectivity index (χ0v) is 16.4. The molecule has 2 aliphatic rings. The van der Waals surface area contributed by atoms with E-state index in [1.165, 1.54) is 17.5 Å². The van der Waals surface area contributed by atoms with Crippen molar-refractivity contribution < 1.29 is 9.53 Å². The van der Waals surface area contributed by atoms with Crippen molar-refractivity contribution in [1.82, 2.24) is 14.8 Å². The Labute approximate surface area is 169 Å². The molecule has 3 aromatic rings. The smallest absolute Gasteiger partial charge is 0.226 e. The standard InChI is InChI=1S/C23H22N4O2/c1-14-5-3-4-6-18(14)16-11-19-21(20(28)12-16)22(27-23(26-19)24-13-25-27)15-7-9-17(29-2)10-8-15/h3-10,13,16,22H,11-12H2,1-2H3,(H,24,25,26)/t16-,22-/m0/s1. The number of ketones is 1. The van der Waals surface area contributed by atoms with Crippen LogP contribution in [0.2, 0.25) is 0 Å². The number of fused-ring (bicyclic) bond motifs is 1. The quantitative estimate of drug-likeness (QED) is 0.737. The lowest BCUT2D eigenvalue weighted by molar-refractivity contribution is -0.116. The maximum Gasteiger partial charge on any atom is 0.226 e. The number of anilines is 1. The number of nitrogens with zero attached hydrogens (tertiary/aromatic N) is 3. The highest BCUT2D eigenvalue weighted by Crippen LogP contribution is 2.44. The number of aryl methyl sites for hydroxylation is 1. The first kappa shape index (κ1) is 17.7. The molecule has 1 aliphatic carbocycles. The Morgan fingerprint density at radius 3 is 2.66 bits per heavy atom. The first-order valence-corrected chi connectivity index (χ1v) is 9.78. The van der Waals surface area contributed by atoms with Crippen molar-refractivity contribution in [2.75, 3.05) is 12.4 Å². The summed E-state index contributed by atoms with van der Waals surface area (Å²) in [5, 5.41) is 7.77. The molecule has 1 N–H and O–H groups in total. The number of ether oxygens (including phenoxy) is 1. The molecule has 2 aromatic carbocycles. The Bertz CT molecular complexity index is 1110. The van der Waals surface area contributed by atoms with Crippen molar-refractivity contribution in [3.8, 4) is 5.75 Å². The SMILES string of the molecule is COc1ccc([C@H]2C3=C(C[C@H](c4ccccc4C)CC3=O)Nc3ncnn32)cc1. The third-order valence-electron chi connectivity index (χ3n) is 5.92. The number of rotatable bonds is 3. The van der Waals surface area contributed by atoms with Gasteiger partial charge in [-0.15, -0.1) is 0 Å². The van der Waals surface area contributed by atoms with Crippen LogP contribution in [0.4, 0.5) is 5.95 Å². The minimum absolute atomic E-state index is 0.161. The number of carbonyl (C=O) groups excluding carboxylic acids is 1. The van der Waals surface area contributed by atoms with Crippen LogP contribution in [0.1, 0.15) is 41.5 Å². The summed E-state index contributed by atoms with van der Waals surface area (Å²) in [6, 6.07) is 15.9. The first-order chi connectivity index (χ1) is 14.2. The summed E-state index contributed by atoms with van der Waals surface area (Å²) in [7, 11) is 1.64. The van der Waals surface area contributed by atoms with E-state index in [4.69, 9.17) is 4.74 Å². The van der Waals surface area contributed by atoms with Gasteiger partial charge in [-0.3, -0.25) is 4.79 Å². The van der Waals surface area contributed by atoms with Crippen LogP contribution >= 0.6 is 0 Å². The van der Waals surface area contributed by atoms with Gasteiger partial charge in [0.05, 0.1) is 7.11 Å². The summed E-state index contributed by atoms with van der Waals surface area (Å²) in [5.74, 6) is 1.78. The maximum atomic E-state index is 13.4. The third kappa shape index (κ3) is 2.92. The molecule has 0 spiro atoms. The molecule has 0 fully saturated rings. The second kappa shape index (κ2) is 6.88. The molecule has 1 aromatic heterocycles.